The lowest BCUT2D eigenvalue weighted by Gasteiger charge is -2.29. The van der Waals surface area contributed by atoms with E-state index >= 15 is 0 Å². The largest absolute Gasteiger partial charge is 0.444 e. The molecule has 0 heterocycles. The van der Waals surface area contributed by atoms with E-state index in [0.29, 0.717) is 31.6 Å². The van der Waals surface area contributed by atoms with Crippen LogP contribution in [0.3, 0.4) is 0 Å². The number of carbonyl (C=O) groups excluding carboxylic acids is 1. The SMILES string of the molecule is CC(O)CN(CCNC1CCCC1CN)C(=O)OC(C)(C)C. The summed E-state index contributed by atoms with van der Waals surface area (Å²) in [5, 5.41) is 13.1. The average Bonchev–Trinajstić information content (AvgIpc) is 2.82. The molecule has 0 radical (unpaired) electrons. The number of ether oxygens (including phenoxy) is 1. The Morgan fingerprint density at radius 1 is 1.45 bits per heavy atom. The van der Waals surface area contributed by atoms with E-state index in [2.05, 4.69) is 5.32 Å². The lowest BCUT2D eigenvalue weighted by atomic mass is 10.0. The summed E-state index contributed by atoms with van der Waals surface area (Å²) < 4.78 is 5.39. The van der Waals surface area contributed by atoms with Crippen molar-refractivity contribution < 1.29 is 14.6 Å². The van der Waals surface area contributed by atoms with Crippen molar-refractivity contribution >= 4 is 6.09 Å². The van der Waals surface area contributed by atoms with Crippen LogP contribution in [0.15, 0.2) is 0 Å². The maximum Gasteiger partial charge on any atom is 0.410 e. The average molecular weight is 315 g/mol. The summed E-state index contributed by atoms with van der Waals surface area (Å²) >= 11 is 0. The van der Waals surface area contributed by atoms with Crippen molar-refractivity contribution in [3.8, 4) is 0 Å². The Morgan fingerprint density at radius 3 is 2.68 bits per heavy atom. The number of hydrogen-bond acceptors (Lipinski definition) is 5. The van der Waals surface area contributed by atoms with Crippen molar-refractivity contribution in [3.05, 3.63) is 0 Å². The summed E-state index contributed by atoms with van der Waals surface area (Å²) in [6.45, 7) is 9.39. The third-order valence-corrected chi connectivity index (χ3v) is 3.89. The van der Waals surface area contributed by atoms with Crippen LogP contribution in [-0.2, 0) is 4.74 Å². The van der Waals surface area contributed by atoms with Gasteiger partial charge in [-0.25, -0.2) is 4.79 Å². The number of nitrogens with two attached hydrogens (primary N) is 1. The fraction of sp³-hybridized carbons (Fsp3) is 0.938. The van der Waals surface area contributed by atoms with Gasteiger partial charge in [-0.05, 0) is 53.0 Å². The Morgan fingerprint density at radius 2 is 2.14 bits per heavy atom. The van der Waals surface area contributed by atoms with Crippen LogP contribution in [0.2, 0.25) is 0 Å². The first-order valence-electron chi connectivity index (χ1n) is 8.32. The van der Waals surface area contributed by atoms with E-state index in [1.807, 2.05) is 20.8 Å². The van der Waals surface area contributed by atoms with Gasteiger partial charge in [0.15, 0.2) is 0 Å². The third kappa shape index (κ3) is 6.94. The number of aliphatic hydroxyl groups is 1. The van der Waals surface area contributed by atoms with Gasteiger partial charge in [0.25, 0.3) is 0 Å². The molecule has 1 aliphatic rings. The molecule has 4 N–H and O–H groups in total. The van der Waals surface area contributed by atoms with E-state index in [0.717, 1.165) is 6.42 Å². The molecule has 0 aromatic carbocycles. The number of aliphatic hydroxyl groups excluding tert-OH is 1. The molecule has 1 amide bonds. The summed E-state index contributed by atoms with van der Waals surface area (Å²) in [6, 6.07) is 0.442. The quantitative estimate of drug-likeness (QED) is 0.659. The number of hydrogen-bond donors (Lipinski definition) is 3. The van der Waals surface area contributed by atoms with E-state index in [1.54, 1.807) is 11.8 Å². The summed E-state index contributed by atoms with van der Waals surface area (Å²) in [5.41, 5.74) is 5.25. The van der Waals surface area contributed by atoms with Crippen molar-refractivity contribution in [2.24, 2.45) is 11.7 Å². The Balaban J connectivity index is 2.45. The minimum Gasteiger partial charge on any atom is -0.444 e. The monoisotopic (exact) mass is 315 g/mol. The first-order valence-corrected chi connectivity index (χ1v) is 8.32. The Hall–Kier alpha value is -0.850. The van der Waals surface area contributed by atoms with Crippen LogP contribution in [0.5, 0.6) is 0 Å². The molecule has 3 atom stereocenters. The molecule has 0 aliphatic heterocycles. The highest BCUT2D eigenvalue weighted by atomic mass is 16.6. The highest BCUT2D eigenvalue weighted by Gasteiger charge is 2.26. The maximum absolute atomic E-state index is 12.2. The second-order valence-electron chi connectivity index (χ2n) is 7.26. The molecule has 1 aliphatic carbocycles. The minimum atomic E-state index is -0.573. The van der Waals surface area contributed by atoms with Gasteiger partial charge in [-0.15, -0.1) is 0 Å². The zero-order valence-electron chi connectivity index (χ0n) is 14.5. The second kappa shape index (κ2) is 8.70. The van der Waals surface area contributed by atoms with E-state index < -0.39 is 11.7 Å². The fourth-order valence-electron chi connectivity index (χ4n) is 2.88. The maximum atomic E-state index is 12.2. The van der Waals surface area contributed by atoms with E-state index in [1.165, 1.54) is 12.8 Å². The third-order valence-electron chi connectivity index (χ3n) is 3.89. The van der Waals surface area contributed by atoms with Gasteiger partial charge in [-0.2, -0.15) is 0 Å². The molecule has 1 rings (SSSR count). The van der Waals surface area contributed by atoms with Crippen molar-refractivity contribution in [1.82, 2.24) is 10.2 Å². The van der Waals surface area contributed by atoms with Gasteiger partial charge >= 0.3 is 6.09 Å². The number of rotatable bonds is 7. The van der Waals surface area contributed by atoms with Crippen LogP contribution in [-0.4, -0.2) is 60.0 Å². The van der Waals surface area contributed by atoms with Crippen molar-refractivity contribution in [3.63, 3.8) is 0 Å². The summed E-state index contributed by atoms with van der Waals surface area (Å²) in [6.07, 6.45) is 2.58. The Labute approximate surface area is 134 Å². The molecule has 6 nitrogen and oxygen atoms in total. The van der Waals surface area contributed by atoms with Crippen LogP contribution in [0.25, 0.3) is 0 Å². The predicted octanol–water partition coefficient (Wildman–Crippen LogP) is 1.32. The number of carbonyl (C=O) groups is 1. The van der Waals surface area contributed by atoms with Crippen LogP contribution >= 0.6 is 0 Å². The molecule has 3 unspecified atom stereocenters. The molecular weight excluding hydrogens is 282 g/mol. The van der Waals surface area contributed by atoms with Gasteiger partial charge in [-0.3, -0.25) is 0 Å². The molecule has 6 heteroatoms. The molecule has 0 aromatic heterocycles. The first-order chi connectivity index (χ1) is 10.2. The van der Waals surface area contributed by atoms with Gasteiger partial charge in [-0.1, -0.05) is 6.42 Å². The van der Waals surface area contributed by atoms with Gasteiger partial charge in [0, 0.05) is 25.7 Å². The standard InChI is InChI=1S/C16H33N3O3/c1-12(20)11-19(15(21)22-16(2,3)4)9-8-18-14-7-5-6-13(14)10-17/h12-14,18,20H,5-11,17H2,1-4H3. The molecule has 0 spiro atoms. The molecular formula is C16H33N3O3. The lowest BCUT2D eigenvalue weighted by Crippen LogP contribution is -2.45. The van der Waals surface area contributed by atoms with E-state index in [4.69, 9.17) is 10.5 Å². The molecule has 0 aromatic rings. The molecule has 1 fully saturated rings. The normalized spacial score (nSPS) is 23.4. The van der Waals surface area contributed by atoms with Crippen molar-refractivity contribution in [2.75, 3.05) is 26.2 Å². The molecule has 1 saturated carbocycles. The summed E-state index contributed by atoms with van der Waals surface area (Å²) in [4.78, 5) is 13.8. The lowest BCUT2D eigenvalue weighted by molar-refractivity contribution is 0.0162. The van der Waals surface area contributed by atoms with Crippen LogP contribution in [0.1, 0.15) is 47.0 Å². The molecule has 22 heavy (non-hydrogen) atoms. The first kappa shape index (κ1) is 19.2. The zero-order chi connectivity index (χ0) is 16.8. The van der Waals surface area contributed by atoms with Crippen molar-refractivity contribution in [2.45, 2.75) is 64.7 Å². The van der Waals surface area contributed by atoms with Gasteiger partial charge < -0.3 is 25.8 Å². The fourth-order valence-corrected chi connectivity index (χ4v) is 2.88. The van der Waals surface area contributed by atoms with Crippen LogP contribution < -0.4 is 11.1 Å². The number of amides is 1. The predicted molar refractivity (Wildman–Crippen MR) is 87.7 cm³/mol. The number of nitrogens with zero attached hydrogens (tertiary/aromatic N) is 1. The number of nitrogens with one attached hydrogen (secondary N) is 1. The molecule has 130 valence electrons. The zero-order valence-corrected chi connectivity index (χ0v) is 14.5. The highest BCUT2D eigenvalue weighted by molar-refractivity contribution is 5.68. The smallest absolute Gasteiger partial charge is 0.410 e. The molecule has 0 bridgehead atoms. The molecule has 0 saturated heterocycles. The summed E-state index contributed by atoms with van der Waals surface area (Å²) in [7, 11) is 0. The van der Waals surface area contributed by atoms with Gasteiger partial charge in [0.05, 0.1) is 6.10 Å². The van der Waals surface area contributed by atoms with Gasteiger partial charge in [0.1, 0.15) is 5.60 Å². The topological polar surface area (TPSA) is 87.8 Å². The Bertz CT molecular complexity index is 342. The minimum absolute atomic E-state index is 0.279. The van der Waals surface area contributed by atoms with E-state index in [-0.39, 0.29) is 12.6 Å². The Kier molecular flexibility index (Phi) is 7.59. The van der Waals surface area contributed by atoms with E-state index in [9.17, 15) is 9.90 Å². The van der Waals surface area contributed by atoms with Gasteiger partial charge in [0.2, 0.25) is 0 Å². The van der Waals surface area contributed by atoms with Crippen LogP contribution in [0, 0.1) is 5.92 Å². The second-order valence-corrected chi connectivity index (χ2v) is 7.26. The summed E-state index contributed by atoms with van der Waals surface area (Å²) in [5.74, 6) is 0.534. The highest BCUT2D eigenvalue weighted by Crippen LogP contribution is 2.24. The van der Waals surface area contributed by atoms with Crippen molar-refractivity contribution in [1.29, 1.82) is 0 Å². The van der Waals surface area contributed by atoms with Crippen LogP contribution in [0.4, 0.5) is 4.79 Å².